The van der Waals surface area contributed by atoms with Crippen molar-refractivity contribution in [2.24, 2.45) is 11.3 Å². The highest BCUT2D eigenvalue weighted by molar-refractivity contribution is 6.64. The van der Waals surface area contributed by atoms with Gasteiger partial charge in [-0.05, 0) is 42.1 Å². The Morgan fingerprint density at radius 1 is 1.29 bits per heavy atom. The Morgan fingerprint density at radius 2 is 1.90 bits per heavy atom. The summed E-state index contributed by atoms with van der Waals surface area (Å²) in [6.45, 7) is 1.32. The molecule has 112 valence electrons. The summed E-state index contributed by atoms with van der Waals surface area (Å²) in [4.78, 5) is 34.1. The Kier molecular flexibility index (Phi) is 4.32. The van der Waals surface area contributed by atoms with Gasteiger partial charge in [-0.25, -0.2) is 0 Å². The Morgan fingerprint density at radius 3 is 2.33 bits per heavy atom. The molecule has 1 aromatic carbocycles. The Bertz CT molecular complexity index is 580. The molecule has 1 fully saturated rings. The van der Waals surface area contributed by atoms with Gasteiger partial charge in [0.05, 0.1) is 18.4 Å². The van der Waals surface area contributed by atoms with E-state index in [1.54, 1.807) is 24.3 Å². The van der Waals surface area contributed by atoms with E-state index in [-0.39, 0.29) is 0 Å². The molecule has 1 saturated carbocycles. The van der Waals surface area contributed by atoms with Crippen molar-refractivity contribution in [3.8, 4) is 5.75 Å². The van der Waals surface area contributed by atoms with Crippen molar-refractivity contribution in [3.05, 3.63) is 29.8 Å². The SMILES string of the molecule is COC(=O)[C@@]1(Cc2ccc(OC(C)=O)cc2)C[C@@H]1C(=O)Cl. The summed E-state index contributed by atoms with van der Waals surface area (Å²) in [6.07, 6.45) is 0.761. The molecule has 21 heavy (non-hydrogen) atoms. The highest BCUT2D eigenvalue weighted by Crippen LogP contribution is 2.56. The van der Waals surface area contributed by atoms with Crippen LogP contribution in [0.2, 0.25) is 0 Å². The smallest absolute Gasteiger partial charge is 0.312 e. The molecule has 6 heteroatoms. The van der Waals surface area contributed by atoms with E-state index >= 15 is 0 Å². The maximum Gasteiger partial charge on any atom is 0.312 e. The fourth-order valence-electron chi connectivity index (χ4n) is 2.50. The molecule has 1 aliphatic carbocycles. The zero-order valence-electron chi connectivity index (χ0n) is 11.7. The number of ether oxygens (including phenoxy) is 2. The number of esters is 2. The summed E-state index contributed by atoms with van der Waals surface area (Å²) in [5.41, 5.74) is -0.0204. The lowest BCUT2D eigenvalue weighted by molar-refractivity contribution is -0.148. The molecule has 0 radical (unpaired) electrons. The first-order valence-corrected chi connectivity index (χ1v) is 6.82. The predicted octanol–water partition coefficient (Wildman–Crippen LogP) is 2.10. The molecule has 2 rings (SSSR count). The summed E-state index contributed by atoms with van der Waals surface area (Å²) < 4.78 is 9.72. The fraction of sp³-hybridized carbons (Fsp3) is 0.400. The van der Waals surface area contributed by atoms with Gasteiger partial charge in [0.25, 0.3) is 0 Å². The zero-order chi connectivity index (χ0) is 15.6. The van der Waals surface area contributed by atoms with Gasteiger partial charge >= 0.3 is 11.9 Å². The molecule has 5 nitrogen and oxygen atoms in total. The fourth-order valence-corrected chi connectivity index (χ4v) is 2.79. The van der Waals surface area contributed by atoms with Gasteiger partial charge in [-0.2, -0.15) is 0 Å². The maximum atomic E-state index is 11.9. The van der Waals surface area contributed by atoms with Crippen LogP contribution in [-0.4, -0.2) is 24.3 Å². The molecule has 0 N–H and O–H groups in total. The summed E-state index contributed by atoms with van der Waals surface area (Å²) >= 11 is 5.51. The van der Waals surface area contributed by atoms with E-state index in [4.69, 9.17) is 21.1 Å². The second-order valence-corrected chi connectivity index (χ2v) is 5.50. The van der Waals surface area contributed by atoms with Crippen LogP contribution in [-0.2, 0) is 25.5 Å². The standard InChI is InChI=1S/C15H15ClO5/c1-9(17)21-11-5-3-10(4-6-11)7-15(14(19)20-2)8-12(15)13(16)18/h3-6,12H,7-8H2,1-2H3/t12-,15+/m1/s1. The van der Waals surface area contributed by atoms with Gasteiger partial charge in [-0.3, -0.25) is 14.4 Å². The summed E-state index contributed by atoms with van der Waals surface area (Å²) in [7, 11) is 1.29. The Hall–Kier alpha value is -1.88. The van der Waals surface area contributed by atoms with E-state index in [2.05, 4.69) is 0 Å². The van der Waals surface area contributed by atoms with Crippen molar-refractivity contribution < 1.29 is 23.9 Å². The zero-order valence-corrected chi connectivity index (χ0v) is 12.5. The van der Waals surface area contributed by atoms with Crippen molar-refractivity contribution in [1.82, 2.24) is 0 Å². The summed E-state index contributed by atoms with van der Waals surface area (Å²) in [6, 6.07) is 6.78. The molecule has 0 saturated heterocycles. The molecule has 0 aliphatic heterocycles. The van der Waals surface area contributed by atoms with Crippen molar-refractivity contribution in [3.63, 3.8) is 0 Å². The van der Waals surface area contributed by atoms with Crippen LogP contribution in [0.3, 0.4) is 0 Å². The third-order valence-corrected chi connectivity index (χ3v) is 3.91. The minimum absolute atomic E-state index is 0.364. The molecule has 2 atom stereocenters. The topological polar surface area (TPSA) is 69.7 Å². The number of carbonyl (C=O) groups excluding carboxylic acids is 3. The number of rotatable bonds is 5. The van der Waals surface area contributed by atoms with Gasteiger partial charge in [0, 0.05) is 6.92 Å². The van der Waals surface area contributed by atoms with Crippen molar-refractivity contribution in [1.29, 1.82) is 0 Å². The number of hydrogen-bond donors (Lipinski definition) is 0. The molecule has 0 heterocycles. The minimum atomic E-state index is -0.865. The van der Waals surface area contributed by atoms with Gasteiger partial charge in [-0.15, -0.1) is 0 Å². The number of hydrogen-bond acceptors (Lipinski definition) is 5. The first kappa shape index (κ1) is 15.5. The van der Waals surface area contributed by atoms with Crippen LogP contribution in [0, 0.1) is 11.3 Å². The Labute approximate surface area is 127 Å². The summed E-state index contributed by atoms with van der Waals surface area (Å²) in [5, 5.41) is -0.517. The maximum absolute atomic E-state index is 11.9. The second kappa shape index (κ2) is 5.85. The van der Waals surface area contributed by atoms with E-state index in [1.165, 1.54) is 14.0 Å². The largest absolute Gasteiger partial charge is 0.469 e. The third kappa shape index (κ3) is 3.24. The lowest BCUT2D eigenvalue weighted by Gasteiger charge is -2.14. The van der Waals surface area contributed by atoms with Crippen LogP contribution in [0.4, 0.5) is 0 Å². The highest BCUT2D eigenvalue weighted by Gasteiger charge is 2.63. The van der Waals surface area contributed by atoms with Crippen molar-refractivity contribution in [2.75, 3.05) is 7.11 Å². The molecule has 1 aromatic rings. The average molecular weight is 311 g/mol. The van der Waals surface area contributed by atoms with Gasteiger partial charge in [-0.1, -0.05) is 12.1 Å². The number of benzene rings is 1. The molecule has 0 unspecified atom stereocenters. The molecule has 0 amide bonds. The quantitative estimate of drug-likeness (QED) is 0.473. The van der Waals surface area contributed by atoms with Crippen molar-refractivity contribution >= 4 is 28.8 Å². The first-order chi connectivity index (χ1) is 9.89. The van der Waals surface area contributed by atoms with Crippen LogP contribution in [0.1, 0.15) is 18.9 Å². The van der Waals surface area contributed by atoms with Crippen molar-refractivity contribution in [2.45, 2.75) is 19.8 Å². The van der Waals surface area contributed by atoms with E-state index < -0.39 is 28.5 Å². The van der Waals surface area contributed by atoms with E-state index in [1.807, 2.05) is 0 Å². The highest BCUT2D eigenvalue weighted by atomic mass is 35.5. The average Bonchev–Trinajstić information content (AvgIpc) is 3.15. The van der Waals surface area contributed by atoms with Gasteiger partial charge in [0.15, 0.2) is 0 Å². The van der Waals surface area contributed by atoms with Crippen LogP contribution >= 0.6 is 11.6 Å². The molecule has 0 aromatic heterocycles. The lowest BCUT2D eigenvalue weighted by Crippen LogP contribution is -2.24. The number of methoxy groups -OCH3 is 1. The third-order valence-electron chi connectivity index (χ3n) is 3.65. The first-order valence-electron chi connectivity index (χ1n) is 6.44. The predicted molar refractivity (Wildman–Crippen MR) is 74.9 cm³/mol. The normalized spacial score (nSPS) is 23.3. The monoisotopic (exact) mass is 310 g/mol. The van der Waals surface area contributed by atoms with Crippen LogP contribution in [0.5, 0.6) is 5.75 Å². The van der Waals surface area contributed by atoms with E-state index in [9.17, 15) is 14.4 Å². The molecule has 1 aliphatic rings. The molecule has 0 spiro atoms. The van der Waals surface area contributed by atoms with Crippen LogP contribution in [0.25, 0.3) is 0 Å². The lowest BCUT2D eigenvalue weighted by atomic mass is 9.94. The number of halogens is 1. The van der Waals surface area contributed by atoms with E-state index in [0.29, 0.717) is 18.6 Å². The van der Waals surface area contributed by atoms with Crippen LogP contribution in [0.15, 0.2) is 24.3 Å². The van der Waals surface area contributed by atoms with E-state index in [0.717, 1.165) is 5.56 Å². The van der Waals surface area contributed by atoms with Gasteiger partial charge in [0.2, 0.25) is 5.24 Å². The molecule has 0 bridgehead atoms. The molecular formula is C15H15ClO5. The van der Waals surface area contributed by atoms with Gasteiger partial charge < -0.3 is 9.47 Å². The van der Waals surface area contributed by atoms with Crippen LogP contribution < -0.4 is 4.74 Å². The summed E-state index contributed by atoms with van der Waals surface area (Å²) in [5.74, 6) is -0.895. The number of carbonyl (C=O) groups is 3. The minimum Gasteiger partial charge on any atom is -0.469 e. The van der Waals surface area contributed by atoms with Gasteiger partial charge in [0.1, 0.15) is 5.75 Å². The molecular weight excluding hydrogens is 296 g/mol. The second-order valence-electron chi connectivity index (χ2n) is 5.12. The Balaban J connectivity index is 2.13.